The van der Waals surface area contributed by atoms with Gasteiger partial charge in [0.05, 0.1) is 28.9 Å². The summed E-state index contributed by atoms with van der Waals surface area (Å²) < 4.78 is 74.3. The maximum absolute atomic E-state index is 13.3. The highest BCUT2D eigenvalue weighted by molar-refractivity contribution is 7.92. The second-order valence-corrected chi connectivity index (χ2v) is 11.3. The highest BCUT2D eigenvalue weighted by Gasteiger charge is 2.32. The van der Waals surface area contributed by atoms with E-state index in [4.69, 9.17) is 9.84 Å². The van der Waals surface area contributed by atoms with Crippen molar-refractivity contribution in [3.63, 3.8) is 0 Å². The van der Waals surface area contributed by atoms with Crippen molar-refractivity contribution in [1.29, 1.82) is 0 Å². The van der Waals surface area contributed by atoms with E-state index < -0.39 is 32.6 Å². The van der Waals surface area contributed by atoms with Gasteiger partial charge in [0, 0.05) is 19.5 Å². The molecule has 0 aliphatic carbocycles. The first-order valence-corrected chi connectivity index (χ1v) is 13.8. The number of hydrogen-bond acceptors (Lipinski definition) is 5. The Morgan fingerprint density at radius 1 is 1.05 bits per heavy atom. The maximum Gasteiger partial charge on any atom is 0.416 e. The molecule has 0 aromatic heterocycles. The zero-order valence-corrected chi connectivity index (χ0v) is 22.3. The van der Waals surface area contributed by atoms with Crippen LogP contribution in [0.15, 0.2) is 65.6 Å². The molecule has 0 amide bonds. The normalized spacial score (nSPS) is 14.7. The number of carboxylic acids is 1. The molecule has 1 fully saturated rings. The van der Waals surface area contributed by atoms with Crippen LogP contribution in [0.4, 0.5) is 24.5 Å². The monoisotopic (exact) mass is 562 g/mol. The smallest absolute Gasteiger partial charge is 0.416 e. The molecule has 4 rings (SSSR count). The third-order valence-electron chi connectivity index (χ3n) is 6.75. The number of halogens is 3. The fourth-order valence-electron chi connectivity index (χ4n) is 4.77. The van der Waals surface area contributed by atoms with Crippen molar-refractivity contribution in [1.82, 2.24) is 0 Å². The van der Waals surface area contributed by atoms with Crippen LogP contribution in [-0.4, -0.2) is 39.7 Å². The number of alkyl halides is 3. The van der Waals surface area contributed by atoms with E-state index >= 15 is 0 Å². The van der Waals surface area contributed by atoms with E-state index in [1.54, 1.807) is 19.2 Å². The number of carboxylic acid groups (broad SMARTS) is 1. The number of aliphatic carboxylic acids is 1. The van der Waals surface area contributed by atoms with E-state index in [1.165, 1.54) is 0 Å². The van der Waals surface area contributed by atoms with Crippen LogP contribution in [0, 0.1) is 12.8 Å². The molecule has 0 bridgehead atoms. The number of ether oxygens (including phenoxy) is 1. The highest BCUT2D eigenvalue weighted by Crippen LogP contribution is 2.37. The van der Waals surface area contributed by atoms with Gasteiger partial charge in [0.25, 0.3) is 10.0 Å². The van der Waals surface area contributed by atoms with Crippen molar-refractivity contribution in [2.24, 2.45) is 5.92 Å². The Kier molecular flexibility index (Phi) is 8.10. The number of methoxy groups -OCH3 is 1. The number of aryl methyl sites for hydroxylation is 1. The molecular formula is C28H29F3N2O5S. The lowest BCUT2D eigenvalue weighted by molar-refractivity contribution is -0.139. The zero-order valence-electron chi connectivity index (χ0n) is 21.5. The molecule has 0 radical (unpaired) electrons. The Balaban J connectivity index is 1.73. The van der Waals surface area contributed by atoms with Gasteiger partial charge in [0.2, 0.25) is 0 Å². The summed E-state index contributed by atoms with van der Waals surface area (Å²) in [6.07, 6.45) is -3.40. The van der Waals surface area contributed by atoms with Crippen molar-refractivity contribution < 1.29 is 36.2 Å². The van der Waals surface area contributed by atoms with Crippen molar-refractivity contribution >= 4 is 27.4 Å². The fraction of sp³-hybridized carbons (Fsp3) is 0.321. The molecule has 0 atom stereocenters. The van der Waals surface area contributed by atoms with Gasteiger partial charge in [-0.3, -0.25) is 9.52 Å². The van der Waals surface area contributed by atoms with E-state index in [9.17, 15) is 26.4 Å². The molecular weight excluding hydrogens is 533 g/mol. The van der Waals surface area contributed by atoms with E-state index in [0.29, 0.717) is 49.0 Å². The van der Waals surface area contributed by atoms with Crippen LogP contribution >= 0.6 is 0 Å². The van der Waals surface area contributed by atoms with Crippen LogP contribution in [0.3, 0.4) is 0 Å². The fourth-order valence-corrected chi connectivity index (χ4v) is 5.88. The molecule has 0 spiro atoms. The summed E-state index contributed by atoms with van der Waals surface area (Å²) in [6, 6.07) is 14.4. The van der Waals surface area contributed by atoms with Crippen LogP contribution in [0.25, 0.3) is 11.1 Å². The Morgan fingerprint density at radius 2 is 1.77 bits per heavy atom. The number of anilines is 2. The van der Waals surface area contributed by atoms with Gasteiger partial charge in [-0.05, 0) is 84.8 Å². The van der Waals surface area contributed by atoms with Gasteiger partial charge in [0.1, 0.15) is 5.75 Å². The second-order valence-electron chi connectivity index (χ2n) is 9.63. The Bertz CT molecular complexity index is 1470. The third-order valence-corrected chi connectivity index (χ3v) is 8.11. The molecule has 208 valence electrons. The van der Waals surface area contributed by atoms with Gasteiger partial charge in [-0.15, -0.1) is 0 Å². The molecule has 1 aliphatic heterocycles. The SMILES string of the molecule is COc1cc(C)cc(-c2ccc(N3CCC(CC(=O)O)CC3)c(NS(=O)(=O)c3cccc(C(F)(F)F)c3)c2)c1. The third kappa shape index (κ3) is 6.83. The van der Waals surface area contributed by atoms with Crippen molar-refractivity contribution in [3.8, 4) is 16.9 Å². The summed E-state index contributed by atoms with van der Waals surface area (Å²) in [5.41, 5.74) is 2.10. The summed E-state index contributed by atoms with van der Waals surface area (Å²) in [4.78, 5) is 12.6. The average Bonchev–Trinajstić information content (AvgIpc) is 2.88. The molecule has 2 N–H and O–H groups in total. The van der Waals surface area contributed by atoms with Gasteiger partial charge in [-0.25, -0.2) is 8.42 Å². The molecule has 1 aliphatic rings. The van der Waals surface area contributed by atoms with E-state index in [1.807, 2.05) is 36.1 Å². The highest BCUT2D eigenvalue weighted by atomic mass is 32.2. The summed E-state index contributed by atoms with van der Waals surface area (Å²) >= 11 is 0. The van der Waals surface area contributed by atoms with Gasteiger partial charge in [-0.2, -0.15) is 13.2 Å². The number of piperidine rings is 1. The van der Waals surface area contributed by atoms with Crippen LogP contribution < -0.4 is 14.4 Å². The quantitative estimate of drug-likeness (QED) is 0.340. The van der Waals surface area contributed by atoms with Gasteiger partial charge in [-0.1, -0.05) is 18.2 Å². The molecule has 1 saturated heterocycles. The minimum Gasteiger partial charge on any atom is -0.497 e. The second kappa shape index (κ2) is 11.2. The largest absolute Gasteiger partial charge is 0.497 e. The molecule has 7 nitrogen and oxygen atoms in total. The average molecular weight is 563 g/mol. The number of hydrogen-bond donors (Lipinski definition) is 2. The lowest BCUT2D eigenvalue weighted by atomic mass is 9.93. The molecule has 0 unspecified atom stereocenters. The number of rotatable bonds is 8. The molecule has 39 heavy (non-hydrogen) atoms. The minimum absolute atomic E-state index is 0.0167. The minimum atomic E-state index is -4.69. The molecule has 3 aromatic rings. The molecule has 1 heterocycles. The van der Waals surface area contributed by atoms with Gasteiger partial charge < -0.3 is 14.7 Å². The molecule has 3 aromatic carbocycles. The van der Waals surface area contributed by atoms with E-state index in [-0.39, 0.29) is 18.0 Å². The predicted molar refractivity (Wildman–Crippen MR) is 143 cm³/mol. The first-order chi connectivity index (χ1) is 18.4. The molecule has 0 saturated carbocycles. The maximum atomic E-state index is 13.3. The number of nitrogens with zero attached hydrogens (tertiary/aromatic N) is 1. The van der Waals surface area contributed by atoms with Crippen molar-refractivity contribution in [2.45, 2.75) is 37.3 Å². The number of carbonyl (C=O) groups is 1. The Morgan fingerprint density at radius 3 is 2.41 bits per heavy atom. The van der Waals surface area contributed by atoms with Crippen molar-refractivity contribution in [3.05, 3.63) is 71.8 Å². The zero-order chi connectivity index (χ0) is 28.4. The van der Waals surface area contributed by atoms with Crippen LogP contribution in [0.2, 0.25) is 0 Å². The van der Waals surface area contributed by atoms with Gasteiger partial charge >= 0.3 is 12.1 Å². The Hall–Kier alpha value is -3.73. The number of sulfonamides is 1. The van der Waals surface area contributed by atoms with Crippen LogP contribution in [-0.2, 0) is 21.0 Å². The number of benzene rings is 3. The van der Waals surface area contributed by atoms with Crippen LogP contribution in [0.1, 0.15) is 30.4 Å². The number of nitrogens with one attached hydrogen (secondary N) is 1. The predicted octanol–water partition coefficient (Wildman–Crippen LogP) is 6.18. The van der Waals surface area contributed by atoms with E-state index in [0.717, 1.165) is 29.3 Å². The lowest BCUT2D eigenvalue weighted by Gasteiger charge is -2.34. The van der Waals surface area contributed by atoms with Crippen LogP contribution in [0.5, 0.6) is 5.75 Å². The first kappa shape index (κ1) is 28.3. The first-order valence-electron chi connectivity index (χ1n) is 12.3. The van der Waals surface area contributed by atoms with Gasteiger partial charge in [0.15, 0.2) is 0 Å². The molecule has 11 heteroatoms. The lowest BCUT2D eigenvalue weighted by Crippen LogP contribution is -2.35. The topological polar surface area (TPSA) is 95.9 Å². The standard InChI is InChI=1S/C28H29F3N2O5S/c1-18-12-21(15-23(13-18)38-2)20-6-7-26(33-10-8-19(9-11-33)14-27(34)35)25(16-20)32-39(36,37)24-5-3-4-22(17-24)28(29,30)31/h3-7,12-13,15-17,19,32H,8-11,14H2,1-2H3,(H,34,35). The summed E-state index contributed by atoms with van der Waals surface area (Å²) in [5, 5.41) is 9.12. The van der Waals surface area contributed by atoms with E-state index in [2.05, 4.69) is 4.72 Å². The van der Waals surface area contributed by atoms with Crippen molar-refractivity contribution in [2.75, 3.05) is 29.8 Å². The summed E-state index contributed by atoms with van der Waals surface area (Å²) in [7, 11) is -2.84. The Labute approximate surface area is 225 Å². The summed E-state index contributed by atoms with van der Waals surface area (Å²) in [6.45, 7) is 2.92. The summed E-state index contributed by atoms with van der Waals surface area (Å²) in [5.74, 6) is -0.218.